The maximum absolute atomic E-state index is 12.1. The highest BCUT2D eigenvalue weighted by Gasteiger charge is 2.32. The van der Waals surface area contributed by atoms with Crippen molar-refractivity contribution in [3.05, 3.63) is 173 Å². The molecule has 0 fully saturated rings. The zero-order valence-corrected chi connectivity index (χ0v) is 70.2. The lowest BCUT2D eigenvalue weighted by molar-refractivity contribution is -0.693. The number of rotatable bonds is 5. The Morgan fingerprint density at radius 2 is 0.568 bits per heavy atom. The van der Waals surface area contributed by atoms with Gasteiger partial charge in [-0.05, 0) is 148 Å². The maximum atomic E-state index is 12.1. The van der Waals surface area contributed by atoms with Gasteiger partial charge in [0.15, 0.2) is 12.4 Å². The molecule has 9 heteroatoms. The number of nitrogens with zero attached hydrogens (tertiary/aromatic N) is 5. The molecule has 552 valence electrons. The molecule has 0 radical (unpaired) electrons. The number of hydrogen-bond donors (Lipinski definition) is 0. The molecule has 0 N–H and O–H groups in total. The Morgan fingerprint density at radius 3 is 0.737 bits per heavy atom. The second-order valence-corrected chi connectivity index (χ2v) is 17.0. The molecular weight excluding hydrogens is 1170 g/mol. The number of aryl methyl sites for hydroxylation is 3. The van der Waals surface area contributed by atoms with Crippen LogP contribution >= 0.6 is 0 Å². The first-order valence-corrected chi connectivity index (χ1v) is 37.9. The van der Waals surface area contributed by atoms with E-state index in [0.717, 1.165) is 41.2 Å². The summed E-state index contributed by atoms with van der Waals surface area (Å²) < 4.78 is 2.12. The van der Waals surface area contributed by atoms with Crippen LogP contribution in [-0.4, -0.2) is 97.6 Å². The predicted octanol–water partition coefficient (Wildman–Crippen LogP) is 25.9. The fraction of sp³-hybridized carbons (Fsp3) is 0.570. The van der Waals surface area contributed by atoms with Gasteiger partial charge in [-0.15, -0.1) is 0 Å². The van der Waals surface area contributed by atoms with E-state index in [4.69, 9.17) is 0 Å². The normalized spacial score (nSPS) is 10.1. The van der Waals surface area contributed by atoms with Gasteiger partial charge < -0.3 is 9.80 Å². The van der Waals surface area contributed by atoms with Crippen molar-refractivity contribution in [1.29, 1.82) is 0 Å². The summed E-state index contributed by atoms with van der Waals surface area (Å²) in [6.07, 6.45) is 14.7. The van der Waals surface area contributed by atoms with Gasteiger partial charge in [-0.25, -0.2) is 4.57 Å². The van der Waals surface area contributed by atoms with Crippen molar-refractivity contribution in [1.82, 2.24) is 19.6 Å². The maximum Gasteiger partial charge on any atom is 0.261 e. The highest BCUT2D eigenvalue weighted by molar-refractivity contribution is 6.26. The van der Waals surface area contributed by atoms with Crippen LogP contribution in [-0.2, 0) is 19.4 Å². The fourth-order valence-electron chi connectivity index (χ4n) is 7.06. The quantitative estimate of drug-likeness (QED) is 0.0971. The summed E-state index contributed by atoms with van der Waals surface area (Å²) in [6.45, 7) is 74.4. The minimum Gasteiger partial charge on any atom is -0.310 e. The third-order valence-corrected chi connectivity index (χ3v) is 11.3. The van der Waals surface area contributed by atoms with Crippen molar-refractivity contribution in [3.8, 4) is 0 Å². The second kappa shape index (κ2) is 94.1. The fourth-order valence-corrected chi connectivity index (χ4v) is 7.06. The van der Waals surface area contributed by atoms with Crippen LogP contribution in [0.25, 0.3) is 21.5 Å². The zero-order valence-electron chi connectivity index (χ0n) is 70.2. The third kappa shape index (κ3) is 52.6. The molecule has 0 spiro atoms. The molecule has 9 nitrogen and oxygen atoms in total. The van der Waals surface area contributed by atoms with Crippen LogP contribution in [0.15, 0.2) is 140 Å². The van der Waals surface area contributed by atoms with Gasteiger partial charge in [0, 0.05) is 58.2 Å². The summed E-state index contributed by atoms with van der Waals surface area (Å²) in [5.74, 6) is -0.771. The van der Waals surface area contributed by atoms with Crippen LogP contribution < -0.4 is 4.57 Å². The number of allylic oxidation sites excluding steroid dienone is 2. The molecule has 5 aromatic carbocycles. The minimum atomic E-state index is -0.193. The summed E-state index contributed by atoms with van der Waals surface area (Å²) >= 11 is 0. The molecule has 0 atom stereocenters. The van der Waals surface area contributed by atoms with Crippen molar-refractivity contribution in [2.45, 2.75) is 281 Å². The van der Waals surface area contributed by atoms with Crippen LogP contribution in [0.4, 0.5) is 0 Å². The first-order chi connectivity index (χ1) is 46.2. The monoisotopic (exact) mass is 1330 g/mol. The summed E-state index contributed by atoms with van der Waals surface area (Å²) in [5, 5.41) is 3.46. The smallest absolute Gasteiger partial charge is 0.261 e. The largest absolute Gasteiger partial charge is 0.310 e. The van der Waals surface area contributed by atoms with E-state index in [1.807, 2.05) is 287 Å². The molecule has 0 bridgehead atoms. The van der Waals surface area contributed by atoms with Crippen LogP contribution in [0.3, 0.4) is 0 Å². The Balaban J connectivity index is -0.0000000823. The minimum absolute atomic E-state index is 0.193. The summed E-state index contributed by atoms with van der Waals surface area (Å²) in [6, 6.07) is 37.1. The number of carbonyl (C=O) groups is 4. The number of carbonyl (C=O) groups excluding carboxylic acids is 4. The van der Waals surface area contributed by atoms with E-state index in [0.29, 0.717) is 35.3 Å². The van der Waals surface area contributed by atoms with E-state index >= 15 is 0 Å². The van der Waals surface area contributed by atoms with E-state index in [9.17, 15) is 19.2 Å². The Bertz CT molecular complexity index is 2260. The van der Waals surface area contributed by atoms with Crippen LogP contribution in [0.1, 0.15) is 314 Å². The topological polar surface area (TPSA) is 85.1 Å². The lowest BCUT2D eigenvalue weighted by Crippen LogP contribution is -2.39. The standard InChI is InChI=1S/2C14H11NO2.C10H12.C7H10N.2C4H11N.C4H8.C3H8.13C2H6/c2*1-2-15-13(16)10-7-3-5-9-6-4-8-11(12(9)10)14(15)17;1-2-6-10-8-4-3-7-9(10)5-1;1-2-8-6-4-3-5-7-8;2*1-4-5(2)3;1-3-4-2;1-3-2;13*1-2/h2*3-8H,2H2,1H3;1-2,5-6H,3-4,7-8H2;3-7H,2H2,1H3;2*4H2,1-3H3;3-4H,1-2H3;3H2,1-2H3;13*1-2H3/q;;;+1;;;;;;;;;;;;;;;;;. The van der Waals surface area contributed by atoms with Gasteiger partial charge in [0.1, 0.15) is 6.54 Å². The summed E-state index contributed by atoms with van der Waals surface area (Å²) in [7, 11) is 8.22. The molecule has 1 aliphatic carbocycles. The van der Waals surface area contributed by atoms with E-state index < -0.39 is 0 Å². The first-order valence-electron chi connectivity index (χ1n) is 37.9. The SMILES string of the molecule is CC.CC.CC.CC.CC.CC.CC.CC.CC.CC.CC.CC.CC.CC=CC.CCC.CCN(C)C.CCN(C)C.CCN1C(=O)c2cccc3cccc(c23)C1=O.CCN1C(=O)c2cccc3cccc(c23)C1=O.CC[n+]1ccccc1.c1ccc2c(c1)CCCC2. The van der Waals surface area contributed by atoms with E-state index in [1.54, 1.807) is 35.4 Å². The molecule has 9 rings (SSSR count). The number of benzene rings is 5. The van der Waals surface area contributed by atoms with E-state index in [2.05, 4.69) is 114 Å². The molecule has 1 aromatic heterocycles. The van der Waals surface area contributed by atoms with Crippen molar-refractivity contribution in [2.24, 2.45) is 0 Å². The lowest BCUT2D eigenvalue weighted by Gasteiger charge is -2.25. The summed E-state index contributed by atoms with van der Waals surface area (Å²) in [4.78, 5) is 55.4. The molecule has 3 aliphatic rings. The Labute approximate surface area is 594 Å². The highest BCUT2D eigenvalue weighted by Crippen LogP contribution is 2.31. The van der Waals surface area contributed by atoms with Crippen LogP contribution in [0, 0.1) is 0 Å². The number of pyridine rings is 1. The average Bonchev–Trinajstić information content (AvgIpc) is 0.766. The van der Waals surface area contributed by atoms with Gasteiger partial charge >= 0.3 is 0 Å². The second-order valence-electron chi connectivity index (χ2n) is 17.0. The van der Waals surface area contributed by atoms with Crippen molar-refractivity contribution in [2.75, 3.05) is 54.4 Å². The molecule has 6 aromatic rings. The number of imide groups is 2. The van der Waals surface area contributed by atoms with Crippen molar-refractivity contribution >= 4 is 45.2 Å². The molecule has 95 heavy (non-hydrogen) atoms. The number of hydrogen-bond acceptors (Lipinski definition) is 6. The van der Waals surface area contributed by atoms with E-state index in [1.165, 1.54) is 41.9 Å². The van der Waals surface area contributed by atoms with Gasteiger partial charge in [-0.2, -0.15) is 0 Å². The Morgan fingerprint density at radius 1 is 0.347 bits per heavy atom. The number of fused-ring (bicyclic) bond motifs is 1. The number of amides is 4. The molecule has 2 aliphatic heterocycles. The molecular formula is C86H160N5O4+. The molecule has 0 saturated carbocycles. The van der Waals surface area contributed by atoms with Crippen molar-refractivity contribution in [3.63, 3.8) is 0 Å². The third-order valence-electron chi connectivity index (χ3n) is 11.3. The van der Waals surface area contributed by atoms with Gasteiger partial charge in [-0.1, -0.05) is 305 Å². The highest BCUT2D eigenvalue weighted by atomic mass is 16.2. The number of aromatic nitrogens is 1. The molecule has 3 heterocycles. The van der Waals surface area contributed by atoms with Gasteiger partial charge in [0.25, 0.3) is 23.6 Å². The molecule has 4 amide bonds. The predicted molar refractivity (Wildman–Crippen MR) is 438 cm³/mol. The van der Waals surface area contributed by atoms with Crippen LogP contribution in [0.5, 0.6) is 0 Å². The summed E-state index contributed by atoms with van der Waals surface area (Å²) in [5.41, 5.74) is 5.65. The van der Waals surface area contributed by atoms with Gasteiger partial charge in [0.05, 0.1) is 0 Å². The first kappa shape index (κ1) is 116. The van der Waals surface area contributed by atoms with Gasteiger partial charge in [-0.3, -0.25) is 29.0 Å². The van der Waals surface area contributed by atoms with Gasteiger partial charge in [0.2, 0.25) is 0 Å². The lowest BCUT2D eigenvalue weighted by atomic mass is 9.92. The van der Waals surface area contributed by atoms with E-state index in [-0.39, 0.29) is 23.6 Å². The average molecular weight is 1330 g/mol. The molecule has 0 saturated heterocycles. The molecule has 0 unspecified atom stereocenters. The zero-order chi connectivity index (χ0) is 77.3. The Hall–Kier alpha value is -6.29. The Kier molecular flexibility index (Phi) is 115. The van der Waals surface area contributed by atoms with Crippen LogP contribution in [0.2, 0.25) is 0 Å². The van der Waals surface area contributed by atoms with Crippen molar-refractivity contribution < 1.29 is 23.7 Å².